The Hall–Kier alpha value is -0.0400. The maximum absolute atomic E-state index is 10.9. The number of Topliss-reactive ketones (excluding diaryl/α,β-unsaturated/α-hetero) is 1. The van der Waals surface area contributed by atoms with Gasteiger partial charge < -0.3 is 0 Å². The van der Waals surface area contributed by atoms with Gasteiger partial charge in [-0.1, -0.05) is 6.42 Å². The molecular formula is C8H13ClO. The summed E-state index contributed by atoms with van der Waals surface area (Å²) in [4.78, 5) is 10.9. The standard InChI is InChI=1S/C8H13ClO/c9-7-3-1-2-4-8(10)6-5-7/h7H,1-6H2. The average molecular weight is 161 g/mol. The van der Waals surface area contributed by atoms with E-state index in [2.05, 4.69) is 0 Å². The van der Waals surface area contributed by atoms with E-state index in [0.717, 1.165) is 32.1 Å². The zero-order valence-corrected chi connectivity index (χ0v) is 6.86. The van der Waals surface area contributed by atoms with E-state index in [-0.39, 0.29) is 5.38 Å². The van der Waals surface area contributed by atoms with E-state index in [9.17, 15) is 4.79 Å². The van der Waals surface area contributed by atoms with Crippen molar-refractivity contribution in [3.8, 4) is 0 Å². The molecule has 0 heterocycles. The number of carbonyl (C=O) groups excluding carboxylic acids is 1. The van der Waals surface area contributed by atoms with Crippen LogP contribution in [0.4, 0.5) is 0 Å². The zero-order chi connectivity index (χ0) is 7.40. The van der Waals surface area contributed by atoms with E-state index in [1.807, 2.05) is 0 Å². The topological polar surface area (TPSA) is 17.1 Å². The molecule has 1 saturated carbocycles. The van der Waals surface area contributed by atoms with Gasteiger partial charge in [0.2, 0.25) is 0 Å². The Balaban J connectivity index is 2.29. The lowest BCUT2D eigenvalue weighted by molar-refractivity contribution is -0.119. The Morgan fingerprint density at radius 2 is 2.00 bits per heavy atom. The van der Waals surface area contributed by atoms with Crippen LogP contribution in [0.2, 0.25) is 0 Å². The fourth-order valence-corrected chi connectivity index (χ4v) is 1.54. The first-order chi connectivity index (χ1) is 4.79. The summed E-state index contributed by atoms with van der Waals surface area (Å²) < 4.78 is 0. The number of carbonyl (C=O) groups is 1. The third-order valence-electron chi connectivity index (χ3n) is 1.96. The van der Waals surface area contributed by atoms with Crippen molar-refractivity contribution < 1.29 is 4.79 Å². The average Bonchev–Trinajstić information content (AvgIpc) is 1.90. The Morgan fingerprint density at radius 1 is 1.20 bits per heavy atom. The quantitative estimate of drug-likeness (QED) is 0.498. The molecule has 58 valence electrons. The first kappa shape index (κ1) is 8.06. The number of alkyl halides is 1. The van der Waals surface area contributed by atoms with Crippen LogP contribution in [0.15, 0.2) is 0 Å². The zero-order valence-electron chi connectivity index (χ0n) is 6.11. The highest BCUT2D eigenvalue weighted by atomic mass is 35.5. The molecule has 10 heavy (non-hydrogen) atoms. The predicted octanol–water partition coefficient (Wildman–Crippen LogP) is 2.52. The molecular weight excluding hydrogens is 148 g/mol. The lowest BCUT2D eigenvalue weighted by atomic mass is 10.00. The Labute approximate surface area is 66.8 Å². The molecule has 1 fully saturated rings. The van der Waals surface area contributed by atoms with Crippen LogP contribution in [0.25, 0.3) is 0 Å². The molecule has 1 aliphatic rings. The second kappa shape index (κ2) is 3.97. The second-order valence-corrected chi connectivity index (χ2v) is 3.54. The van der Waals surface area contributed by atoms with Gasteiger partial charge in [0.15, 0.2) is 0 Å². The fraction of sp³-hybridized carbons (Fsp3) is 0.875. The smallest absolute Gasteiger partial charge is 0.132 e. The summed E-state index contributed by atoms with van der Waals surface area (Å²) in [5.74, 6) is 0.394. The molecule has 0 radical (unpaired) electrons. The summed E-state index contributed by atoms with van der Waals surface area (Å²) in [6, 6.07) is 0. The molecule has 2 heteroatoms. The van der Waals surface area contributed by atoms with Crippen molar-refractivity contribution in [3.05, 3.63) is 0 Å². The van der Waals surface area contributed by atoms with Crippen molar-refractivity contribution >= 4 is 17.4 Å². The maximum Gasteiger partial charge on any atom is 0.132 e. The molecule has 1 nitrogen and oxygen atoms in total. The highest BCUT2D eigenvalue weighted by Gasteiger charge is 2.11. The number of ketones is 1. The van der Waals surface area contributed by atoms with E-state index >= 15 is 0 Å². The van der Waals surface area contributed by atoms with Crippen molar-refractivity contribution in [3.63, 3.8) is 0 Å². The minimum Gasteiger partial charge on any atom is -0.300 e. The Morgan fingerprint density at radius 3 is 2.80 bits per heavy atom. The van der Waals surface area contributed by atoms with Crippen molar-refractivity contribution in [2.45, 2.75) is 43.9 Å². The fourth-order valence-electron chi connectivity index (χ4n) is 1.27. The van der Waals surface area contributed by atoms with Crippen LogP contribution < -0.4 is 0 Å². The van der Waals surface area contributed by atoms with Crippen LogP contribution >= 0.6 is 11.6 Å². The SMILES string of the molecule is O=C1CCCCC(Cl)CC1. The summed E-state index contributed by atoms with van der Waals surface area (Å²) in [5, 5.41) is 0.254. The lowest BCUT2D eigenvalue weighted by Gasteiger charge is -2.11. The van der Waals surface area contributed by atoms with Gasteiger partial charge in [-0.15, -0.1) is 11.6 Å². The third-order valence-corrected chi connectivity index (χ3v) is 2.40. The predicted molar refractivity (Wildman–Crippen MR) is 42.4 cm³/mol. The minimum atomic E-state index is 0.254. The van der Waals surface area contributed by atoms with Gasteiger partial charge in [0.1, 0.15) is 5.78 Å². The van der Waals surface area contributed by atoms with Crippen LogP contribution in [0.3, 0.4) is 0 Å². The highest BCUT2D eigenvalue weighted by Crippen LogP contribution is 2.18. The van der Waals surface area contributed by atoms with Gasteiger partial charge in [0.25, 0.3) is 0 Å². The molecule has 0 amide bonds. The molecule has 0 bridgehead atoms. The van der Waals surface area contributed by atoms with Gasteiger partial charge in [0.05, 0.1) is 0 Å². The van der Waals surface area contributed by atoms with Gasteiger partial charge in [-0.25, -0.2) is 0 Å². The summed E-state index contributed by atoms with van der Waals surface area (Å²) in [6.07, 6.45) is 5.63. The van der Waals surface area contributed by atoms with Gasteiger partial charge in [-0.2, -0.15) is 0 Å². The van der Waals surface area contributed by atoms with Gasteiger partial charge in [-0.05, 0) is 19.3 Å². The van der Waals surface area contributed by atoms with Crippen molar-refractivity contribution in [2.75, 3.05) is 0 Å². The van der Waals surface area contributed by atoms with Gasteiger partial charge in [-0.3, -0.25) is 4.79 Å². The molecule has 0 N–H and O–H groups in total. The molecule has 1 unspecified atom stereocenters. The normalized spacial score (nSPS) is 29.3. The van der Waals surface area contributed by atoms with E-state index in [1.54, 1.807) is 0 Å². The molecule has 1 rings (SSSR count). The van der Waals surface area contributed by atoms with E-state index in [1.165, 1.54) is 0 Å². The summed E-state index contributed by atoms with van der Waals surface area (Å²) in [7, 11) is 0. The molecule has 0 spiro atoms. The minimum absolute atomic E-state index is 0.254. The molecule has 0 saturated heterocycles. The first-order valence-electron chi connectivity index (χ1n) is 3.95. The molecule has 0 aromatic carbocycles. The second-order valence-electron chi connectivity index (χ2n) is 2.92. The van der Waals surface area contributed by atoms with Crippen LogP contribution in [0.5, 0.6) is 0 Å². The molecule has 0 aliphatic heterocycles. The van der Waals surface area contributed by atoms with E-state index in [0.29, 0.717) is 12.2 Å². The first-order valence-corrected chi connectivity index (χ1v) is 4.38. The van der Waals surface area contributed by atoms with Gasteiger partial charge in [0, 0.05) is 18.2 Å². The third kappa shape index (κ3) is 2.70. The van der Waals surface area contributed by atoms with Gasteiger partial charge >= 0.3 is 0 Å². The monoisotopic (exact) mass is 160 g/mol. The van der Waals surface area contributed by atoms with E-state index in [4.69, 9.17) is 11.6 Å². The number of hydrogen-bond donors (Lipinski definition) is 0. The number of hydrogen-bond acceptors (Lipinski definition) is 1. The van der Waals surface area contributed by atoms with Crippen molar-refractivity contribution in [1.29, 1.82) is 0 Å². The van der Waals surface area contributed by atoms with Crippen LogP contribution in [-0.2, 0) is 4.79 Å². The number of halogens is 1. The molecule has 0 aromatic rings. The summed E-state index contributed by atoms with van der Waals surface area (Å²) in [5.41, 5.74) is 0. The highest BCUT2D eigenvalue weighted by molar-refractivity contribution is 6.20. The summed E-state index contributed by atoms with van der Waals surface area (Å²) in [6.45, 7) is 0. The van der Waals surface area contributed by atoms with E-state index < -0.39 is 0 Å². The Bertz CT molecular complexity index is 122. The molecule has 1 atom stereocenters. The summed E-state index contributed by atoms with van der Waals surface area (Å²) >= 11 is 5.91. The lowest BCUT2D eigenvalue weighted by Crippen LogP contribution is -2.08. The maximum atomic E-state index is 10.9. The van der Waals surface area contributed by atoms with Crippen molar-refractivity contribution in [2.24, 2.45) is 0 Å². The number of rotatable bonds is 0. The Kier molecular flexibility index (Phi) is 3.20. The van der Waals surface area contributed by atoms with Crippen LogP contribution in [-0.4, -0.2) is 11.2 Å². The van der Waals surface area contributed by atoms with Crippen LogP contribution in [0.1, 0.15) is 38.5 Å². The molecule has 0 aromatic heterocycles. The largest absolute Gasteiger partial charge is 0.300 e. The van der Waals surface area contributed by atoms with Crippen LogP contribution in [0, 0.1) is 0 Å². The van der Waals surface area contributed by atoms with Crippen molar-refractivity contribution in [1.82, 2.24) is 0 Å². The molecule has 1 aliphatic carbocycles.